The molecule has 8 aromatic carbocycles. The van der Waals surface area contributed by atoms with Gasteiger partial charge >= 0.3 is 0 Å². The summed E-state index contributed by atoms with van der Waals surface area (Å²) in [6.07, 6.45) is 4.62. The summed E-state index contributed by atoms with van der Waals surface area (Å²) in [5.74, 6) is 0. The Hall–Kier alpha value is -6.67. The molecule has 4 heteroatoms. The monoisotopic (exact) mass is 775 g/mol. The van der Waals surface area contributed by atoms with Crippen LogP contribution < -0.4 is 25.6 Å². The first-order chi connectivity index (χ1) is 29.0. The number of rotatable bonds is 6. The van der Waals surface area contributed by atoms with Crippen LogP contribution in [0.3, 0.4) is 0 Å². The SMILES string of the molecule is CC12CCCCC1(C)N(c1ccc3c(c1)c1c4ccccc4ccc1n3-c1cccc([Si](c3ccccc3)(c3ccccc3)c3ccccc3)c1)c1ccc(C#N)cc12. The molecule has 1 saturated carbocycles. The number of aromatic nitrogens is 1. The number of fused-ring (bicyclic) bond motifs is 8. The van der Waals surface area contributed by atoms with Gasteiger partial charge in [-0.25, -0.2) is 0 Å². The number of anilines is 2. The van der Waals surface area contributed by atoms with Gasteiger partial charge in [0.1, 0.15) is 0 Å². The van der Waals surface area contributed by atoms with Gasteiger partial charge in [0.2, 0.25) is 0 Å². The van der Waals surface area contributed by atoms with E-state index in [1.54, 1.807) is 0 Å². The summed E-state index contributed by atoms with van der Waals surface area (Å²) in [7, 11) is -2.76. The Kier molecular flexibility index (Phi) is 8.09. The largest absolute Gasteiger partial charge is 0.334 e. The molecule has 1 aliphatic heterocycles. The lowest BCUT2D eigenvalue weighted by atomic mass is 9.61. The average molecular weight is 776 g/mol. The van der Waals surface area contributed by atoms with E-state index in [1.165, 1.54) is 83.1 Å². The Balaban J connectivity index is 1.18. The molecule has 59 heavy (non-hydrogen) atoms. The number of hydrogen-bond acceptors (Lipinski definition) is 2. The Morgan fingerprint density at radius 1 is 0.525 bits per heavy atom. The topological polar surface area (TPSA) is 32.0 Å². The second kappa shape index (κ2) is 13.4. The summed E-state index contributed by atoms with van der Waals surface area (Å²) in [6, 6.07) is 72.5. The molecular weight excluding hydrogens is 731 g/mol. The maximum absolute atomic E-state index is 9.97. The molecule has 2 heterocycles. The van der Waals surface area contributed by atoms with Gasteiger partial charge in [-0.05, 0) is 111 Å². The Labute approximate surface area is 347 Å². The molecule has 1 fully saturated rings. The third-order valence-corrected chi connectivity index (χ3v) is 19.1. The fourth-order valence-corrected chi connectivity index (χ4v) is 16.1. The molecule has 2 unspecified atom stereocenters. The van der Waals surface area contributed by atoms with Gasteiger partial charge in [-0.15, -0.1) is 0 Å². The van der Waals surface area contributed by atoms with Crippen molar-refractivity contribution >= 4 is 72.8 Å². The van der Waals surface area contributed by atoms with Crippen LogP contribution in [0, 0.1) is 11.3 Å². The van der Waals surface area contributed by atoms with E-state index >= 15 is 0 Å². The van der Waals surface area contributed by atoms with Crippen molar-refractivity contribution in [2.45, 2.75) is 50.5 Å². The average Bonchev–Trinajstić information content (AvgIpc) is 3.73. The Bertz CT molecular complexity index is 3010. The molecule has 0 saturated heterocycles. The normalized spacial score (nSPS) is 18.8. The molecule has 0 radical (unpaired) electrons. The van der Waals surface area contributed by atoms with Gasteiger partial charge in [0.15, 0.2) is 8.07 Å². The maximum atomic E-state index is 9.97. The maximum Gasteiger partial charge on any atom is 0.179 e. The van der Waals surface area contributed by atoms with Crippen molar-refractivity contribution in [2.24, 2.45) is 0 Å². The van der Waals surface area contributed by atoms with Crippen LogP contribution >= 0.6 is 0 Å². The van der Waals surface area contributed by atoms with Crippen molar-refractivity contribution in [1.29, 1.82) is 5.26 Å². The highest BCUT2D eigenvalue weighted by Crippen LogP contribution is 2.61. The number of benzene rings is 8. The van der Waals surface area contributed by atoms with Gasteiger partial charge in [-0.1, -0.05) is 153 Å². The lowest BCUT2D eigenvalue weighted by Gasteiger charge is -2.50. The van der Waals surface area contributed by atoms with Crippen molar-refractivity contribution in [3.05, 3.63) is 199 Å². The van der Waals surface area contributed by atoms with E-state index in [0.29, 0.717) is 0 Å². The zero-order chi connectivity index (χ0) is 39.8. The number of hydrogen-bond donors (Lipinski definition) is 0. The molecule has 11 rings (SSSR count). The molecule has 2 aliphatic rings. The summed E-state index contributed by atoms with van der Waals surface area (Å²) in [4.78, 5) is 2.64. The molecule has 1 aliphatic carbocycles. The second-order valence-electron chi connectivity index (χ2n) is 17.1. The van der Waals surface area contributed by atoms with Gasteiger partial charge in [-0.2, -0.15) is 5.26 Å². The minimum Gasteiger partial charge on any atom is -0.334 e. The molecule has 0 N–H and O–H groups in total. The van der Waals surface area contributed by atoms with E-state index in [2.05, 4.69) is 211 Å². The van der Waals surface area contributed by atoms with Crippen molar-refractivity contribution in [3.63, 3.8) is 0 Å². The molecule has 0 bridgehead atoms. The number of nitriles is 1. The summed E-state index contributed by atoms with van der Waals surface area (Å²) in [5, 5.41) is 20.4. The fraction of sp³-hybridized carbons (Fsp3) is 0.145. The van der Waals surface area contributed by atoms with Gasteiger partial charge in [0.05, 0.1) is 28.2 Å². The molecule has 2 atom stereocenters. The zero-order valence-corrected chi connectivity index (χ0v) is 34.6. The molecule has 3 nitrogen and oxygen atoms in total. The highest BCUT2D eigenvalue weighted by atomic mass is 28.3. The third-order valence-electron chi connectivity index (χ3n) is 14.3. The summed E-state index contributed by atoms with van der Waals surface area (Å²) in [6.45, 7) is 4.91. The van der Waals surface area contributed by atoms with Crippen LogP contribution in [0.5, 0.6) is 0 Å². The highest BCUT2D eigenvalue weighted by molar-refractivity contribution is 7.19. The van der Waals surface area contributed by atoms with Gasteiger partial charge in [0, 0.05) is 33.2 Å². The first-order valence-electron chi connectivity index (χ1n) is 21.0. The van der Waals surface area contributed by atoms with Crippen LogP contribution in [0.15, 0.2) is 188 Å². The van der Waals surface area contributed by atoms with Crippen molar-refractivity contribution < 1.29 is 0 Å². The molecule has 1 aromatic heterocycles. The van der Waals surface area contributed by atoms with Crippen molar-refractivity contribution in [1.82, 2.24) is 4.57 Å². The van der Waals surface area contributed by atoms with E-state index in [-0.39, 0.29) is 11.0 Å². The third kappa shape index (κ3) is 5.05. The molecule has 0 spiro atoms. The molecule has 284 valence electrons. The second-order valence-corrected chi connectivity index (χ2v) is 20.9. The molecule has 9 aromatic rings. The first kappa shape index (κ1) is 35.5. The minimum absolute atomic E-state index is 0.0593. The van der Waals surface area contributed by atoms with Gasteiger partial charge in [0.25, 0.3) is 0 Å². The van der Waals surface area contributed by atoms with Crippen LogP contribution in [-0.2, 0) is 5.41 Å². The lowest BCUT2D eigenvalue weighted by molar-refractivity contribution is 0.195. The fourth-order valence-electron chi connectivity index (χ4n) is 11.3. The van der Waals surface area contributed by atoms with E-state index < -0.39 is 8.07 Å². The predicted molar refractivity (Wildman–Crippen MR) is 249 cm³/mol. The summed E-state index contributed by atoms with van der Waals surface area (Å²) in [5.41, 5.74) is 7.88. The van der Waals surface area contributed by atoms with Crippen LogP contribution in [0.4, 0.5) is 11.4 Å². The standard InChI is InChI=1S/C55H45N3Si/c1-54-33-14-15-34-55(54,2)58(51-30-27-39(38-56)35-49(51)54)42-29-32-50-48(37-42)53-47-26-13-12-17-40(47)28-31-52(53)57(50)41-18-16-25-46(36-41)59(43-19-6-3-7-20-43,44-21-8-4-9-22-44)45-23-10-5-11-24-45/h3-13,16-32,35-37H,14-15,33-34H2,1-2H3. The van der Waals surface area contributed by atoms with Crippen molar-refractivity contribution in [2.75, 3.05) is 4.90 Å². The van der Waals surface area contributed by atoms with Crippen LogP contribution in [0.2, 0.25) is 0 Å². The molecule has 0 amide bonds. The van der Waals surface area contributed by atoms with Gasteiger partial charge < -0.3 is 9.47 Å². The van der Waals surface area contributed by atoms with E-state index in [9.17, 15) is 5.26 Å². The quantitative estimate of drug-likeness (QED) is 0.124. The Morgan fingerprint density at radius 3 is 1.85 bits per heavy atom. The summed E-state index contributed by atoms with van der Waals surface area (Å²) < 4.78 is 2.51. The first-order valence-corrected chi connectivity index (χ1v) is 23.0. The smallest absolute Gasteiger partial charge is 0.179 e. The van der Waals surface area contributed by atoms with E-state index in [0.717, 1.165) is 24.1 Å². The Morgan fingerprint density at radius 2 is 1.15 bits per heavy atom. The van der Waals surface area contributed by atoms with Crippen LogP contribution in [-0.4, -0.2) is 18.2 Å². The number of nitrogens with zero attached hydrogens (tertiary/aromatic N) is 3. The van der Waals surface area contributed by atoms with E-state index in [1.807, 2.05) is 6.07 Å². The highest BCUT2D eigenvalue weighted by Gasteiger charge is 2.57. The van der Waals surface area contributed by atoms with Crippen LogP contribution in [0.1, 0.15) is 50.7 Å². The minimum atomic E-state index is -2.76. The van der Waals surface area contributed by atoms with Crippen LogP contribution in [0.25, 0.3) is 38.3 Å². The van der Waals surface area contributed by atoms with Gasteiger partial charge in [-0.3, -0.25) is 0 Å². The lowest BCUT2D eigenvalue weighted by Crippen LogP contribution is -2.74. The predicted octanol–water partition coefficient (Wildman–Crippen LogP) is 10.9. The van der Waals surface area contributed by atoms with E-state index in [4.69, 9.17) is 0 Å². The zero-order valence-electron chi connectivity index (χ0n) is 33.6. The summed E-state index contributed by atoms with van der Waals surface area (Å²) >= 11 is 0. The van der Waals surface area contributed by atoms with Crippen molar-refractivity contribution in [3.8, 4) is 11.8 Å². The molecular formula is C55H45N3Si.